The number of ether oxygens (including phenoxy) is 1. The lowest BCUT2D eigenvalue weighted by atomic mass is 10.1. The molecule has 0 saturated heterocycles. The van der Waals surface area contributed by atoms with Gasteiger partial charge in [0.05, 0.1) is 32.3 Å². The highest BCUT2D eigenvalue weighted by Gasteiger charge is 2.10. The number of aryl methyl sites for hydroxylation is 2. The second-order valence-electron chi connectivity index (χ2n) is 16.3. The summed E-state index contributed by atoms with van der Waals surface area (Å²) >= 11 is 0. The molecule has 0 fully saturated rings. The van der Waals surface area contributed by atoms with Gasteiger partial charge in [0.15, 0.2) is 17.9 Å². The second-order valence-corrected chi connectivity index (χ2v) is 16.3. The standard InChI is InChI=1S/C20H26N4O.C18H22N4O.C17H18N4O3/c1-2-3-4-5-15-8-12-18(13-9-15)24-19(25)17-10-6-16(7-11-17)14-23-20(21)22;1-2-3-13-6-10-16(11-7-13)22-17(23)15-8-4-14(5-9-15)12-21-18(19)20;1-24-16(23)13-6-8-14(9-7-13)21-15(22)12-4-2-11(3-5-12)10-20-17(18)19/h6-13H,2-5,14H2,1H3,(H,24,25)(H4,21,22,23);4-11H,2-3,12H2,1H3,(H,22,23)(H4,19,20,21);2-9H,10H2,1H3,(H,21,22)(H4,18,19,20). The molecule has 376 valence electrons. The van der Waals surface area contributed by atoms with Gasteiger partial charge in [0.2, 0.25) is 0 Å². The minimum Gasteiger partial charge on any atom is -0.465 e. The number of rotatable bonds is 19. The van der Waals surface area contributed by atoms with Crippen molar-refractivity contribution in [1.82, 2.24) is 0 Å². The van der Waals surface area contributed by atoms with Crippen molar-refractivity contribution in [2.45, 2.75) is 72.0 Å². The predicted molar refractivity (Wildman–Crippen MR) is 290 cm³/mol. The van der Waals surface area contributed by atoms with Crippen LogP contribution >= 0.6 is 0 Å². The number of aliphatic imine (C=N–C) groups is 3. The van der Waals surface area contributed by atoms with Gasteiger partial charge >= 0.3 is 5.97 Å². The van der Waals surface area contributed by atoms with Crippen LogP contribution in [0.15, 0.2) is 161 Å². The highest BCUT2D eigenvalue weighted by Crippen LogP contribution is 2.17. The molecule has 6 aromatic carbocycles. The Kier molecular flexibility index (Phi) is 23.0. The van der Waals surface area contributed by atoms with E-state index in [1.54, 1.807) is 72.8 Å². The molecule has 6 aromatic rings. The largest absolute Gasteiger partial charge is 0.465 e. The van der Waals surface area contributed by atoms with Crippen molar-refractivity contribution in [3.8, 4) is 0 Å². The Labute approximate surface area is 421 Å². The van der Waals surface area contributed by atoms with Crippen LogP contribution in [-0.4, -0.2) is 48.7 Å². The number of esters is 1. The summed E-state index contributed by atoms with van der Waals surface area (Å²) in [5.41, 5.74) is 41.4. The van der Waals surface area contributed by atoms with Crippen molar-refractivity contribution in [3.05, 3.63) is 196 Å². The molecule has 0 aliphatic carbocycles. The zero-order valence-corrected chi connectivity index (χ0v) is 41.1. The van der Waals surface area contributed by atoms with E-state index < -0.39 is 5.97 Å². The molecule has 6 rings (SSSR count). The Morgan fingerprint density at radius 3 is 0.972 bits per heavy atom. The number of benzene rings is 6. The van der Waals surface area contributed by atoms with Gasteiger partial charge in [0, 0.05) is 33.8 Å². The van der Waals surface area contributed by atoms with Crippen molar-refractivity contribution in [2.24, 2.45) is 49.4 Å². The summed E-state index contributed by atoms with van der Waals surface area (Å²) in [6, 6.07) is 43.8. The van der Waals surface area contributed by atoms with E-state index in [0.717, 1.165) is 47.3 Å². The van der Waals surface area contributed by atoms with Crippen LogP contribution in [0, 0.1) is 0 Å². The number of amides is 3. The molecular formula is C55H66N12O5. The van der Waals surface area contributed by atoms with Gasteiger partial charge in [-0.1, -0.05) is 93.8 Å². The smallest absolute Gasteiger partial charge is 0.337 e. The van der Waals surface area contributed by atoms with E-state index in [2.05, 4.69) is 61.6 Å². The molecule has 0 radical (unpaired) electrons. The zero-order chi connectivity index (χ0) is 52.3. The maximum atomic E-state index is 12.3. The summed E-state index contributed by atoms with van der Waals surface area (Å²) in [6.45, 7) is 5.52. The lowest BCUT2D eigenvalue weighted by molar-refractivity contribution is 0.0600. The molecule has 17 heteroatoms. The summed E-state index contributed by atoms with van der Waals surface area (Å²) in [6.07, 6.45) is 6.91. The van der Waals surface area contributed by atoms with Crippen molar-refractivity contribution in [2.75, 3.05) is 23.1 Å². The van der Waals surface area contributed by atoms with Gasteiger partial charge in [-0.05, 0) is 132 Å². The SMILES string of the molecule is CCCCCc1ccc(NC(=O)c2ccc(CN=C(N)N)cc2)cc1.CCCc1ccc(NC(=O)c2ccc(CN=C(N)N)cc2)cc1.COC(=O)c1ccc(NC(=O)c2ccc(CN=C(N)N)cc2)cc1. The van der Waals surface area contributed by atoms with Crippen LogP contribution in [0.4, 0.5) is 17.1 Å². The fourth-order valence-electron chi connectivity index (χ4n) is 6.63. The maximum Gasteiger partial charge on any atom is 0.337 e. The first-order valence-corrected chi connectivity index (χ1v) is 23.4. The van der Waals surface area contributed by atoms with Gasteiger partial charge < -0.3 is 55.1 Å². The Balaban J connectivity index is 0.000000235. The molecule has 0 unspecified atom stereocenters. The van der Waals surface area contributed by atoms with Gasteiger partial charge in [-0.2, -0.15) is 0 Å². The Morgan fingerprint density at radius 2 is 0.681 bits per heavy atom. The van der Waals surface area contributed by atoms with E-state index in [9.17, 15) is 19.2 Å². The highest BCUT2D eigenvalue weighted by molar-refractivity contribution is 6.05. The van der Waals surface area contributed by atoms with E-state index in [1.807, 2.05) is 60.7 Å². The van der Waals surface area contributed by atoms with Gasteiger partial charge in [-0.25, -0.2) is 19.8 Å². The summed E-state index contributed by atoms with van der Waals surface area (Å²) in [5.74, 6) is -0.822. The molecule has 0 bridgehead atoms. The Hall–Kier alpha value is -8.99. The Bertz CT molecular complexity index is 2730. The van der Waals surface area contributed by atoms with Gasteiger partial charge in [-0.15, -0.1) is 0 Å². The monoisotopic (exact) mass is 975 g/mol. The summed E-state index contributed by atoms with van der Waals surface area (Å²) < 4.78 is 4.62. The summed E-state index contributed by atoms with van der Waals surface area (Å²) in [4.78, 5) is 59.9. The molecule has 0 spiro atoms. The summed E-state index contributed by atoms with van der Waals surface area (Å²) in [5, 5.41) is 8.56. The van der Waals surface area contributed by atoms with E-state index in [4.69, 9.17) is 34.4 Å². The second kappa shape index (κ2) is 29.8. The molecule has 0 aliphatic rings. The molecule has 72 heavy (non-hydrogen) atoms. The van der Waals surface area contributed by atoms with Crippen molar-refractivity contribution in [1.29, 1.82) is 0 Å². The first-order chi connectivity index (χ1) is 34.6. The third kappa shape index (κ3) is 20.3. The quantitative estimate of drug-likeness (QED) is 0.0165. The average molecular weight is 975 g/mol. The number of unbranched alkanes of at least 4 members (excludes halogenated alkanes) is 2. The minimum atomic E-state index is -0.427. The Morgan fingerprint density at radius 1 is 0.389 bits per heavy atom. The molecule has 0 saturated carbocycles. The highest BCUT2D eigenvalue weighted by atomic mass is 16.5. The minimum absolute atomic E-state index is 0.0206. The van der Waals surface area contributed by atoms with Crippen molar-refractivity contribution >= 4 is 58.6 Å². The topological polar surface area (TPSA) is 307 Å². The molecule has 0 atom stereocenters. The number of nitrogens with one attached hydrogen (secondary N) is 3. The van der Waals surface area contributed by atoms with Gasteiger partial charge in [-0.3, -0.25) is 14.4 Å². The maximum absolute atomic E-state index is 12.3. The lowest BCUT2D eigenvalue weighted by Crippen LogP contribution is -2.22. The van der Waals surface area contributed by atoms with Crippen LogP contribution in [0.3, 0.4) is 0 Å². The van der Waals surface area contributed by atoms with E-state index in [0.29, 0.717) is 47.6 Å². The first-order valence-electron chi connectivity index (χ1n) is 23.4. The van der Waals surface area contributed by atoms with Crippen molar-refractivity contribution in [3.63, 3.8) is 0 Å². The van der Waals surface area contributed by atoms with Crippen LogP contribution in [0.5, 0.6) is 0 Å². The number of hydrogen-bond donors (Lipinski definition) is 9. The number of carbonyl (C=O) groups is 4. The fourth-order valence-corrected chi connectivity index (χ4v) is 6.63. The van der Waals surface area contributed by atoms with Crippen LogP contribution in [0.2, 0.25) is 0 Å². The number of guanidine groups is 3. The molecule has 0 aromatic heterocycles. The molecule has 0 heterocycles. The molecular weight excluding hydrogens is 909 g/mol. The van der Waals surface area contributed by atoms with Crippen LogP contribution in [-0.2, 0) is 37.2 Å². The third-order valence-corrected chi connectivity index (χ3v) is 10.6. The van der Waals surface area contributed by atoms with E-state index in [1.165, 1.54) is 37.5 Å². The normalized spacial score (nSPS) is 10.1. The predicted octanol–water partition coefficient (Wildman–Crippen LogP) is 7.61. The lowest BCUT2D eigenvalue weighted by Gasteiger charge is -2.07. The molecule has 15 N–H and O–H groups in total. The van der Waals surface area contributed by atoms with Gasteiger partial charge in [0.1, 0.15) is 0 Å². The molecule has 17 nitrogen and oxygen atoms in total. The third-order valence-electron chi connectivity index (χ3n) is 10.6. The average Bonchev–Trinajstić information content (AvgIpc) is 3.38. The number of nitrogens with zero attached hydrogens (tertiary/aromatic N) is 3. The number of anilines is 3. The van der Waals surface area contributed by atoms with Crippen molar-refractivity contribution < 1.29 is 23.9 Å². The number of nitrogens with two attached hydrogens (primary N) is 6. The number of carbonyl (C=O) groups excluding carboxylic acids is 4. The van der Waals surface area contributed by atoms with Crippen LogP contribution < -0.4 is 50.4 Å². The first kappa shape index (κ1) is 55.6. The summed E-state index contributed by atoms with van der Waals surface area (Å²) in [7, 11) is 1.31. The molecule has 3 amide bonds. The van der Waals surface area contributed by atoms with E-state index in [-0.39, 0.29) is 35.6 Å². The molecule has 0 aliphatic heterocycles. The van der Waals surface area contributed by atoms with E-state index >= 15 is 0 Å². The number of hydrogen-bond acceptors (Lipinski definition) is 8. The number of methoxy groups -OCH3 is 1. The van der Waals surface area contributed by atoms with Crippen LogP contribution in [0.25, 0.3) is 0 Å². The fraction of sp³-hybridized carbons (Fsp3) is 0.218. The van der Waals surface area contributed by atoms with Crippen LogP contribution in [0.1, 0.15) is 109 Å². The zero-order valence-electron chi connectivity index (χ0n) is 41.1. The van der Waals surface area contributed by atoms with Gasteiger partial charge in [0.25, 0.3) is 17.7 Å².